The van der Waals surface area contributed by atoms with Gasteiger partial charge in [-0.3, -0.25) is 9.69 Å². The summed E-state index contributed by atoms with van der Waals surface area (Å²) in [6.07, 6.45) is -4.46. The largest absolute Gasteiger partial charge is 0.416 e. The normalized spacial score (nSPS) is 21.7. The number of nitrogens with one attached hydrogen (secondary N) is 1. The van der Waals surface area contributed by atoms with Gasteiger partial charge in [0.25, 0.3) is 5.91 Å². The molecule has 0 spiro atoms. The lowest BCUT2D eigenvalue weighted by atomic mass is 9.95. The van der Waals surface area contributed by atoms with E-state index in [0.29, 0.717) is 12.1 Å². The Morgan fingerprint density at radius 2 is 2.00 bits per heavy atom. The van der Waals surface area contributed by atoms with Gasteiger partial charge in [0.15, 0.2) is 0 Å². The Kier molecular flexibility index (Phi) is 4.59. The maximum Gasteiger partial charge on any atom is 0.416 e. The van der Waals surface area contributed by atoms with E-state index in [9.17, 15) is 18.0 Å². The maximum absolute atomic E-state index is 13.4. The molecule has 1 N–H and O–H groups in total. The first-order chi connectivity index (χ1) is 11.1. The molecule has 132 valence electrons. The summed E-state index contributed by atoms with van der Waals surface area (Å²) in [5, 5.41) is 2.49. The molecule has 1 fully saturated rings. The third kappa shape index (κ3) is 3.41. The minimum absolute atomic E-state index is 0.0533. The van der Waals surface area contributed by atoms with Gasteiger partial charge in [-0.15, -0.1) is 0 Å². The van der Waals surface area contributed by atoms with Crippen molar-refractivity contribution in [2.24, 2.45) is 0 Å². The van der Waals surface area contributed by atoms with Crippen LogP contribution in [0.25, 0.3) is 0 Å². The first kappa shape index (κ1) is 17.9. The van der Waals surface area contributed by atoms with Gasteiger partial charge in [0.1, 0.15) is 0 Å². The van der Waals surface area contributed by atoms with Crippen LogP contribution in [0.1, 0.15) is 40.9 Å². The van der Waals surface area contributed by atoms with Gasteiger partial charge in [-0.05, 0) is 37.1 Å². The number of benzene rings is 1. The van der Waals surface area contributed by atoms with Crippen molar-refractivity contribution >= 4 is 28.8 Å². The Labute approximate surface area is 152 Å². The third-order valence-electron chi connectivity index (χ3n) is 4.69. The van der Waals surface area contributed by atoms with E-state index in [0.717, 1.165) is 19.6 Å². The van der Waals surface area contributed by atoms with Crippen molar-refractivity contribution in [1.82, 2.24) is 13.3 Å². The molecule has 2 heterocycles. The monoisotopic (exact) mass is 453 g/mol. The van der Waals surface area contributed by atoms with Crippen LogP contribution in [0.15, 0.2) is 12.1 Å². The van der Waals surface area contributed by atoms with Crippen LogP contribution in [0.4, 0.5) is 13.2 Å². The number of nitrogens with zero attached hydrogens (tertiary/aromatic N) is 2. The van der Waals surface area contributed by atoms with Crippen molar-refractivity contribution in [3.05, 3.63) is 34.4 Å². The summed E-state index contributed by atoms with van der Waals surface area (Å²) in [5.74, 6) is -0.423. The van der Waals surface area contributed by atoms with E-state index in [2.05, 4.69) is 50.0 Å². The highest BCUT2D eigenvalue weighted by atomic mass is 127. The van der Waals surface area contributed by atoms with Crippen LogP contribution >= 0.6 is 22.9 Å². The second-order valence-electron chi connectivity index (χ2n) is 6.93. The molecular formula is C16H19F3IN3O. The van der Waals surface area contributed by atoms with Gasteiger partial charge in [-0.2, -0.15) is 13.2 Å². The predicted octanol–water partition coefficient (Wildman–Crippen LogP) is 3.20. The molecular weight excluding hydrogens is 434 g/mol. The Morgan fingerprint density at radius 1 is 1.29 bits per heavy atom. The topological polar surface area (TPSA) is 35.6 Å². The van der Waals surface area contributed by atoms with Crippen LogP contribution in [0.2, 0.25) is 0 Å². The van der Waals surface area contributed by atoms with E-state index >= 15 is 0 Å². The fourth-order valence-electron chi connectivity index (χ4n) is 3.38. The summed E-state index contributed by atoms with van der Waals surface area (Å²) in [6.45, 7) is 7.00. The van der Waals surface area contributed by atoms with Crippen LogP contribution in [-0.4, -0.2) is 39.1 Å². The summed E-state index contributed by atoms with van der Waals surface area (Å²) in [4.78, 5) is 14.0. The number of piperazine rings is 1. The molecule has 0 aromatic heterocycles. The standard InChI is InChI=1S/C16H19F3IN3O/c1-15(2)9-23(20)4-3-22(15)8-10-5-11-12(7-21-14(11)24)13(6-10)16(17,18)19/h5-6H,3-4,7-9H2,1-2H3,(H,21,24). The maximum atomic E-state index is 13.4. The van der Waals surface area contributed by atoms with Crippen molar-refractivity contribution in [2.45, 2.75) is 38.7 Å². The Hall–Kier alpha value is -0.870. The lowest BCUT2D eigenvalue weighted by molar-refractivity contribution is -0.138. The lowest BCUT2D eigenvalue weighted by Crippen LogP contribution is -2.56. The van der Waals surface area contributed by atoms with Crippen LogP contribution in [0.3, 0.4) is 0 Å². The summed E-state index contributed by atoms with van der Waals surface area (Å²) in [5.41, 5.74) is -0.0800. The molecule has 1 aromatic carbocycles. The van der Waals surface area contributed by atoms with E-state index < -0.39 is 17.6 Å². The number of rotatable bonds is 2. The SMILES string of the molecule is CC1(C)CN(I)CCN1Cc1cc2c(c(C(F)(F)F)c1)CNC2=O. The molecule has 0 radical (unpaired) electrons. The highest BCUT2D eigenvalue weighted by molar-refractivity contribution is 14.1. The summed E-state index contributed by atoms with van der Waals surface area (Å²) in [6, 6.07) is 2.81. The Balaban J connectivity index is 1.95. The van der Waals surface area contributed by atoms with Gasteiger partial charge >= 0.3 is 6.18 Å². The quantitative estimate of drug-likeness (QED) is 0.552. The van der Waals surface area contributed by atoms with Gasteiger partial charge in [-0.25, -0.2) is 3.11 Å². The van der Waals surface area contributed by atoms with Gasteiger partial charge in [0.2, 0.25) is 0 Å². The highest BCUT2D eigenvalue weighted by Gasteiger charge is 2.38. The number of hydrogen-bond donors (Lipinski definition) is 1. The van der Waals surface area contributed by atoms with Crippen molar-refractivity contribution in [3.63, 3.8) is 0 Å². The molecule has 0 aliphatic carbocycles. The first-order valence-electron chi connectivity index (χ1n) is 7.75. The van der Waals surface area contributed by atoms with Gasteiger partial charge in [-0.1, -0.05) is 0 Å². The number of carbonyl (C=O) groups is 1. The number of amides is 1. The van der Waals surface area contributed by atoms with E-state index in [4.69, 9.17) is 0 Å². The molecule has 2 aliphatic heterocycles. The zero-order valence-corrected chi connectivity index (χ0v) is 15.7. The second kappa shape index (κ2) is 6.14. The molecule has 1 saturated heterocycles. The fourth-order valence-corrected chi connectivity index (χ4v) is 4.43. The lowest BCUT2D eigenvalue weighted by Gasteiger charge is -2.45. The van der Waals surface area contributed by atoms with Crippen molar-refractivity contribution in [3.8, 4) is 0 Å². The predicted molar refractivity (Wildman–Crippen MR) is 92.7 cm³/mol. The zero-order valence-electron chi connectivity index (χ0n) is 13.5. The third-order valence-corrected chi connectivity index (χ3v) is 5.51. The van der Waals surface area contributed by atoms with Gasteiger partial charge in [0.05, 0.1) is 5.56 Å². The van der Waals surface area contributed by atoms with E-state index in [1.807, 2.05) is 0 Å². The summed E-state index contributed by atoms with van der Waals surface area (Å²) >= 11 is 2.27. The van der Waals surface area contributed by atoms with E-state index in [1.165, 1.54) is 6.07 Å². The number of halogens is 4. The Bertz CT molecular complexity index is 675. The van der Waals surface area contributed by atoms with Gasteiger partial charge in [0, 0.05) is 66.7 Å². The van der Waals surface area contributed by atoms with Crippen LogP contribution in [0.5, 0.6) is 0 Å². The van der Waals surface area contributed by atoms with E-state index in [-0.39, 0.29) is 23.2 Å². The van der Waals surface area contributed by atoms with Crippen molar-refractivity contribution in [2.75, 3.05) is 19.6 Å². The minimum Gasteiger partial charge on any atom is -0.348 e. The highest BCUT2D eigenvalue weighted by Crippen LogP contribution is 2.37. The van der Waals surface area contributed by atoms with Crippen LogP contribution in [-0.2, 0) is 19.3 Å². The number of carbonyl (C=O) groups excluding carboxylic acids is 1. The van der Waals surface area contributed by atoms with Gasteiger partial charge < -0.3 is 5.32 Å². The van der Waals surface area contributed by atoms with Crippen molar-refractivity contribution < 1.29 is 18.0 Å². The first-order valence-corrected chi connectivity index (χ1v) is 8.71. The zero-order chi connectivity index (χ0) is 17.7. The molecule has 1 aromatic rings. The minimum atomic E-state index is -4.46. The molecule has 8 heteroatoms. The smallest absolute Gasteiger partial charge is 0.348 e. The molecule has 0 unspecified atom stereocenters. The molecule has 4 nitrogen and oxygen atoms in total. The average molecular weight is 453 g/mol. The molecule has 0 saturated carbocycles. The van der Waals surface area contributed by atoms with E-state index in [1.54, 1.807) is 6.07 Å². The van der Waals surface area contributed by atoms with Crippen LogP contribution < -0.4 is 5.32 Å². The molecule has 1 amide bonds. The second-order valence-corrected chi connectivity index (χ2v) is 8.29. The molecule has 2 aliphatic rings. The molecule has 3 rings (SSSR count). The number of alkyl halides is 3. The summed E-state index contributed by atoms with van der Waals surface area (Å²) < 4.78 is 42.3. The average Bonchev–Trinajstić information content (AvgIpc) is 2.81. The number of fused-ring (bicyclic) bond motifs is 1. The summed E-state index contributed by atoms with van der Waals surface area (Å²) in [7, 11) is 0. The molecule has 0 atom stereocenters. The fraction of sp³-hybridized carbons (Fsp3) is 0.562. The Morgan fingerprint density at radius 3 is 2.62 bits per heavy atom. The molecule has 24 heavy (non-hydrogen) atoms. The van der Waals surface area contributed by atoms with Crippen LogP contribution in [0, 0.1) is 0 Å². The number of hydrogen-bond acceptors (Lipinski definition) is 3. The molecule has 0 bridgehead atoms. The van der Waals surface area contributed by atoms with Crippen molar-refractivity contribution in [1.29, 1.82) is 0 Å².